The summed E-state index contributed by atoms with van der Waals surface area (Å²) in [5.41, 5.74) is 5.43. The van der Waals surface area contributed by atoms with E-state index in [4.69, 9.17) is 4.74 Å². The molecule has 1 saturated heterocycles. The molecule has 2 aromatic rings. The normalized spacial score (nSPS) is 15.3. The van der Waals surface area contributed by atoms with Crippen molar-refractivity contribution in [1.82, 2.24) is 4.90 Å². The average Bonchev–Trinajstić information content (AvgIpc) is 2.63. The predicted molar refractivity (Wildman–Crippen MR) is 96.5 cm³/mol. The summed E-state index contributed by atoms with van der Waals surface area (Å²) in [5, 5.41) is 0. The Bertz CT molecular complexity index is 586. The fraction of sp³-hybridized carbons (Fsp3) is 0.333. The molecule has 0 amide bonds. The fourth-order valence-corrected chi connectivity index (χ4v) is 3.14. The van der Waals surface area contributed by atoms with Crippen molar-refractivity contribution in [3.8, 4) is 0 Å². The number of ether oxygens (including phenoxy) is 1. The molecule has 0 bridgehead atoms. The number of hydrogen-bond donors (Lipinski definition) is 0. The van der Waals surface area contributed by atoms with Gasteiger partial charge in [0, 0.05) is 19.6 Å². The predicted octanol–water partition coefficient (Wildman–Crippen LogP) is 4.23. The van der Waals surface area contributed by atoms with E-state index in [-0.39, 0.29) is 0 Å². The standard InChI is InChI=1S/C21H25NO/c1-18(12-13-22-14-16-23-17-15-22)21(19-8-4-2-5-9-19)20-10-6-3-7-11-20/h2-11H,12-17H2,1H3. The lowest BCUT2D eigenvalue weighted by Gasteiger charge is -2.27. The second-order valence-corrected chi connectivity index (χ2v) is 6.09. The minimum atomic E-state index is 0.868. The summed E-state index contributed by atoms with van der Waals surface area (Å²) in [5.74, 6) is 0. The van der Waals surface area contributed by atoms with Crippen LogP contribution in [0, 0.1) is 0 Å². The summed E-state index contributed by atoms with van der Waals surface area (Å²) < 4.78 is 5.44. The van der Waals surface area contributed by atoms with Crippen LogP contribution in [0.15, 0.2) is 66.2 Å². The molecule has 0 aromatic heterocycles. The van der Waals surface area contributed by atoms with E-state index in [0.717, 1.165) is 39.3 Å². The van der Waals surface area contributed by atoms with E-state index in [1.807, 2.05) is 0 Å². The molecule has 0 radical (unpaired) electrons. The lowest BCUT2D eigenvalue weighted by atomic mass is 9.92. The Labute approximate surface area is 139 Å². The molecule has 2 nitrogen and oxygen atoms in total. The van der Waals surface area contributed by atoms with Gasteiger partial charge in [-0.25, -0.2) is 0 Å². The molecular formula is C21H25NO. The molecule has 2 heteroatoms. The third-order valence-electron chi connectivity index (χ3n) is 4.46. The second kappa shape index (κ2) is 8.09. The van der Waals surface area contributed by atoms with E-state index in [1.165, 1.54) is 22.3 Å². The highest BCUT2D eigenvalue weighted by Crippen LogP contribution is 2.28. The molecular weight excluding hydrogens is 282 g/mol. The number of benzene rings is 2. The van der Waals surface area contributed by atoms with E-state index in [1.54, 1.807) is 0 Å². The van der Waals surface area contributed by atoms with Crippen molar-refractivity contribution < 1.29 is 4.74 Å². The Morgan fingerprint density at radius 1 is 0.870 bits per heavy atom. The minimum Gasteiger partial charge on any atom is -0.379 e. The largest absolute Gasteiger partial charge is 0.379 e. The molecule has 2 aromatic carbocycles. The van der Waals surface area contributed by atoms with Gasteiger partial charge in [0.15, 0.2) is 0 Å². The van der Waals surface area contributed by atoms with Gasteiger partial charge in [-0.15, -0.1) is 0 Å². The molecule has 0 spiro atoms. The van der Waals surface area contributed by atoms with E-state index in [2.05, 4.69) is 72.5 Å². The third-order valence-corrected chi connectivity index (χ3v) is 4.46. The van der Waals surface area contributed by atoms with Crippen LogP contribution >= 0.6 is 0 Å². The van der Waals surface area contributed by atoms with Crippen LogP contribution in [0.5, 0.6) is 0 Å². The molecule has 0 atom stereocenters. The summed E-state index contributed by atoms with van der Waals surface area (Å²) in [6, 6.07) is 21.5. The van der Waals surface area contributed by atoms with Crippen LogP contribution in [0.25, 0.3) is 5.57 Å². The van der Waals surface area contributed by atoms with E-state index < -0.39 is 0 Å². The van der Waals surface area contributed by atoms with E-state index in [0.29, 0.717) is 0 Å². The first-order valence-electron chi connectivity index (χ1n) is 8.45. The molecule has 1 aliphatic rings. The SMILES string of the molecule is CC(CCN1CCOCC1)=C(c1ccccc1)c1ccccc1. The van der Waals surface area contributed by atoms with Crippen LogP contribution in [0.3, 0.4) is 0 Å². The molecule has 1 fully saturated rings. The molecule has 0 aliphatic carbocycles. The molecule has 1 aliphatic heterocycles. The zero-order valence-corrected chi connectivity index (χ0v) is 13.9. The topological polar surface area (TPSA) is 12.5 Å². The maximum absolute atomic E-state index is 5.44. The van der Waals surface area contributed by atoms with Crippen LogP contribution in [0.1, 0.15) is 24.5 Å². The molecule has 23 heavy (non-hydrogen) atoms. The quantitative estimate of drug-likeness (QED) is 0.819. The van der Waals surface area contributed by atoms with Gasteiger partial charge in [-0.05, 0) is 30.0 Å². The van der Waals surface area contributed by atoms with Crippen LogP contribution in [0.4, 0.5) is 0 Å². The average molecular weight is 307 g/mol. The van der Waals surface area contributed by atoms with E-state index >= 15 is 0 Å². The van der Waals surface area contributed by atoms with Gasteiger partial charge in [0.1, 0.15) is 0 Å². The highest BCUT2D eigenvalue weighted by atomic mass is 16.5. The Hall–Kier alpha value is -1.90. The van der Waals surface area contributed by atoms with Crippen molar-refractivity contribution in [2.45, 2.75) is 13.3 Å². The maximum Gasteiger partial charge on any atom is 0.0594 e. The number of morpholine rings is 1. The first-order chi connectivity index (χ1) is 11.3. The highest BCUT2D eigenvalue weighted by Gasteiger charge is 2.12. The Balaban J connectivity index is 1.84. The minimum absolute atomic E-state index is 0.868. The van der Waals surface area contributed by atoms with E-state index in [9.17, 15) is 0 Å². The zero-order valence-electron chi connectivity index (χ0n) is 13.9. The van der Waals surface area contributed by atoms with Crippen LogP contribution < -0.4 is 0 Å². The first-order valence-corrected chi connectivity index (χ1v) is 8.45. The van der Waals surface area contributed by atoms with Gasteiger partial charge in [-0.2, -0.15) is 0 Å². The lowest BCUT2D eigenvalue weighted by Crippen LogP contribution is -2.36. The lowest BCUT2D eigenvalue weighted by molar-refractivity contribution is 0.0384. The summed E-state index contributed by atoms with van der Waals surface area (Å²) in [4.78, 5) is 2.50. The molecule has 0 unspecified atom stereocenters. The molecule has 0 N–H and O–H groups in total. The van der Waals surface area contributed by atoms with Gasteiger partial charge in [0.25, 0.3) is 0 Å². The summed E-state index contributed by atoms with van der Waals surface area (Å²) >= 11 is 0. The molecule has 0 saturated carbocycles. The van der Waals surface area contributed by atoms with Crippen LogP contribution in [0.2, 0.25) is 0 Å². The van der Waals surface area contributed by atoms with Crippen molar-refractivity contribution in [1.29, 1.82) is 0 Å². The van der Waals surface area contributed by atoms with Gasteiger partial charge < -0.3 is 4.74 Å². The zero-order chi connectivity index (χ0) is 15.9. The van der Waals surface area contributed by atoms with Crippen molar-refractivity contribution in [3.05, 3.63) is 77.4 Å². The third kappa shape index (κ3) is 4.31. The van der Waals surface area contributed by atoms with Gasteiger partial charge in [-0.1, -0.05) is 66.2 Å². The second-order valence-electron chi connectivity index (χ2n) is 6.09. The number of hydrogen-bond acceptors (Lipinski definition) is 2. The Morgan fingerprint density at radius 3 is 1.91 bits per heavy atom. The van der Waals surface area contributed by atoms with Gasteiger partial charge in [0.2, 0.25) is 0 Å². The molecule has 3 rings (SSSR count). The van der Waals surface area contributed by atoms with Crippen molar-refractivity contribution in [2.24, 2.45) is 0 Å². The van der Waals surface area contributed by atoms with Crippen molar-refractivity contribution in [3.63, 3.8) is 0 Å². The first kappa shape index (κ1) is 16.0. The number of nitrogens with zero attached hydrogens (tertiary/aromatic N) is 1. The van der Waals surface area contributed by atoms with Crippen molar-refractivity contribution in [2.75, 3.05) is 32.8 Å². The van der Waals surface area contributed by atoms with Gasteiger partial charge >= 0.3 is 0 Å². The molecule has 120 valence electrons. The van der Waals surface area contributed by atoms with Gasteiger partial charge in [0.05, 0.1) is 13.2 Å². The fourth-order valence-electron chi connectivity index (χ4n) is 3.14. The number of rotatable bonds is 5. The molecule has 1 heterocycles. The Kier molecular flexibility index (Phi) is 5.62. The summed E-state index contributed by atoms with van der Waals surface area (Å²) in [7, 11) is 0. The van der Waals surface area contributed by atoms with Crippen molar-refractivity contribution >= 4 is 5.57 Å². The highest BCUT2D eigenvalue weighted by molar-refractivity contribution is 5.81. The monoisotopic (exact) mass is 307 g/mol. The van der Waals surface area contributed by atoms with Gasteiger partial charge in [-0.3, -0.25) is 4.90 Å². The summed E-state index contributed by atoms with van der Waals surface area (Å²) in [6.07, 6.45) is 1.10. The van der Waals surface area contributed by atoms with Crippen LogP contribution in [-0.4, -0.2) is 37.7 Å². The smallest absolute Gasteiger partial charge is 0.0594 e. The van der Waals surface area contributed by atoms with Crippen LogP contribution in [-0.2, 0) is 4.74 Å². The Morgan fingerprint density at radius 2 is 1.39 bits per heavy atom. The summed E-state index contributed by atoms with van der Waals surface area (Å²) in [6.45, 7) is 7.23. The maximum atomic E-state index is 5.44.